The van der Waals surface area contributed by atoms with E-state index in [-0.39, 0.29) is 23.7 Å². The molecule has 0 fully saturated rings. The molecule has 214 valence electrons. The smallest absolute Gasteiger partial charge is 0.255 e. The van der Waals surface area contributed by atoms with Crippen LogP contribution in [0.15, 0.2) is 70.3 Å². The first-order valence-electron chi connectivity index (χ1n) is 13.8. The molecule has 6 nitrogen and oxygen atoms in total. The van der Waals surface area contributed by atoms with Crippen LogP contribution < -0.4 is 14.8 Å². The van der Waals surface area contributed by atoms with Gasteiger partial charge in [-0.15, -0.1) is 11.3 Å². The number of nitrogens with zero attached hydrogens (tertiary/aromatic N) is 1. The molecule has 5 rings (SSSR count). The molecule has 1 amide bonds. The number of hydrogen-bond acceptors (Lipinski definition) is 6. The minimum atomic E-state index is -0.313. The third-order valence-corrected chi connectivity index (χ3v) is 8.72. The van der Waals surface area contributed by atoms with Gasteiger partial charge in [0.05, 0.1) is 25.5 Å². The van der Waals surface area contributed by atoms with Crippen molar-refractivity contribution in [2.45, 2.75) is 53.2 Å². The number of carbonyl (C=O) groups is 1. The van der Waals surface area contributed by atoms with Crippen LogP contribution in [0.2, 0.25) is 0 Å². The Hall–Kier alpha value is -3.91. The van der Waals surface area contributed by atoms with Crippen LogP contribution in [0.3, 0.4) is 0 Å². The summed E-state index contributed by atoms with van der Waals surface area (Å²) in [5.74, 6) is 1.81. The van der Waals surface area contributed by atoms with Gasteiger partial charge in [-0.2, -0.15) is 0 Å². The fourth-order valence-electron chi connectivity index (χ4n) is 5.09. The molecular weight excluding hydrogens is 539 g/mol. The lowest BCUT2D eigenvalue weighted by Gasteiger charge is -2.33. The van der Waals surface area contributed by atoms with Gasteiger partial charge in [0.2, 0.25) is 0 Å². The van der Waals surface area contributed by atoms with Crippen molar-refractivity contribution in [3.63, 3.8) is 0 Å². The number of thiophene rings is 1. The minimum absolute atomic E-state index is 0.0866. The molecule has 2 heterocycles. The van der Waals surface area contributed by atoms with E-state index in [1.807, 2.05) is 18.2 Å². The Balaban J connectivity index is 1.39. The summed E-state index contributed by atoms with van der Waals surface area (Å²) in [7, 11) is 1.56. The van der Waals surface area contributed by atoms with Crippen LogP contribution in [-0.4, -0.2) is 19.2 Å². The third kappa shape index (κ3) is 6.70. The number of benzene rings is 2. The van der Waals surface area contributed by atoms with Gasteiger partial charge in [-0.05, 0) is 78.1 Å². The molecule has 1 atom stereocenters. The lowest BCUT2D eigenvalue weighted by Crippen LogP contribution is -2.28. The summed E-state index contributed by atoms with van der Waals surface area (Å²) in [6, 6.07) is 15.6. The monoisotopic (exact) mass is 574 g/mol. The summed E-state index contributed by atoms with van der Waals surface area (Å²) in [4.78, 5) is 19.5. The molecule has 2 aromatic carbocycles. The van der Waals surface area contributed by atoms with E-state index in [2.05, 4.69) is 26.1 Å². The number of furan rings is 1. The number of carbonyl (C=O) groups excluding carboxylic acids is 1. The van der Waals surface area contributed by atoms with Crippen molar-refractivity contribution in [3.8, 4) is 11.5 Å². The van der Waals surface area contributed by atoms with E-state index in [1.165, 1.54) is 10.9 Å². The third-order valence-electron chi connectivity index (χ3n) is 7.56. The average Bonchev–Trinajstić information content (AvgIpc) is 3.61. The van der Waals surface area contributed by atoms with Crippen molar-refractivity contribution in [3.05, 3.63) is 99.6 Å². The van der Waals surface area contributed by atoms with Gasteiger partial charge < -0.3 is 19.2 Å². The molecule has 0 unspecified atom stereocenters. The van der Waals surface area contributed by atoms with E-state index in [9.17, 15) is 9.18 Å². The molecule has 0 bridgehead atoms. The van der Waals surface area contributed by atoms with Gasteiger partial charge in [-0.1, -0.05) is 39.0 Å². The number of rotatable bonds is 9. The zero-order chi connectivity index (χ0) is 29.0. The lowest BCUT2D eigenvalue weighted by atomic mass is 9.72. The molecule has 1 aliphatic carbocycles. The van der Waals surface area contributed by atoms with Gasteiger partial charge in [0.1, 0.15) is 23.2 Å². The highest BCUT2D eigenvalue weighted by Crippen LogP contribution is 2.45. The van der Waals surface area contributed by atoms with E-state index < -0.39 is 0 Å². The summed E-state index contributed by atoms with van der Waals surface area (Å²) in [5.41, 5.74) is 3.21. The molecule has 1 aliphatic rings. The normalized spacial score (nSPS) is 15.1. The molecular formula is C33H35FN2O4S. The summed E-state index contributed by atoms with van der Waals surface area (Å²) in [6.45, 7) is 7.25. The van der Waals surface area contributed by atoms with Crippen LogP contribution in [0, 0.1) is 17.2 Å². The Labute approximate surface area is 244 Å². The number of ether oxygens (including phenoxy) is 2. The molecule has 0 saturated heterocycles. The van der Waals surface area contributed by atoms with Crippen molar-refractivity contribution in [1.29, 1.82) is 0 Å². The quantitative estimate of drug-likeness (QED) is 0.206. The summed E-state index contributed by atoms with van der Waals surface area (Å²) >= 11 is 1.60. The van der Waals surface area contributed by atoms with Crippen LogP contribution >= 0.6 is 11.3 Å². The number of hydrogen-bond donors (Lipinski definition) is 1. The molecule has 0 saturated carbocycles. The Morgan fingerprint density at radius 2 is 2.00 bits per heavy atom. The topological polar surface area (TPSA) is 73.1 Å². The number of halogens is 1. The zero-order valence-electron chi connectivity index (χ0n) is 23.8. The van der Waals surface area contributed by atoms with E-state index in [1.54, 1.807) is 61.3 Å². The highest BCUT2D eigenvalue weighted by atomic mass is 32.1. The summed E-state index contributed by atoms with van der Waals surface area (Å²) < 4.78 is 30.8. The molecule has 0 aliphatic heterocycles. The number of nitrogens with one attached hydrogen (secondary N) is 1. The second kappa shape index (κ2) is 12.3. The van der Waals surface area contributed by atoms with Crippen LogP contribution in [-0.2, 0) is 26.0 Å². The summed E-state index contributed by atoms with van der Waals surface area (Å²) in [5, 5.41) is 3.71. The van der Waals surface area contributed by atoms with Gasteiger partial charge in [-0.3, -0.25) is 4.79 Å². The van der Waals surface area contributed by atoms with Gasteiger partial charge in [0.15, 0.2) is 11.5 Å². The Morgan fingerprint density at radius 1 is 1.17 bits per heavy atom. The number of fused-ring (bicyclic) bond motifs is 1. The fraction of sp³-hybridized carbons (Fsp3) is 0.333. The van der Waals surface area contributed by atoms with Crippen molar-refractivity contribution >= 4 is 28.5 Å². The molecule has 0 radical (unpaired) electrons. The molecule has 0 spiro atoms. The number of aliphatic imine (C=N–C) groups is 1. The van der Waals surface area contributed by atoms with Crippen LogP contribution in [0.4, 0.5) is 9.39 Å². The molecule has 8 heteroatoms. The first kappa shape index (κ1) is 28.6. The van der Waals surface area contributed by atoms with Gasteiger partial charge in [-0.25, -0.2) is 9.38 Å². The predicted molar refractivity (Wildman–Crippen MR) is 160 cm³/mol. The number of amides is 1. The van der Waals surface area contributed by atoms with E-state index in [0.29, 0.717) is 45.8 Å². The fourth-order valence-corrected chi connectivity index (χ4v) is 6.36. The number of methoxy groups -OCH3 is 1. The second-order valence-electron chi connectivity index (χ2n) is 11.3. The second-order valence-corrected chi connectivity index (χ2v) is 12.4. The van der Waals surface area contributed by atoms with Gasteiger partial charge in [0, 0.05) is 16.7 Å². The minimum Gasteiger partial charge on any atom is -0.493 e. The van der Waals surface area contributed by atoms with Gasteiger partial charge >= 0.3 is 0 Å². The maximum absolute atomic E-state index is 14.0. The SMILES string of the molecule is COc1cc(C=Nc2sc3c(c2C(=O)NCc2ccco2)CC[C@H](C(C)(C)C)C3)ccc1OCc1ccccc1F. The Kier molecular flexibility index (Phi) is 8.59. The molecule has 1 N–H and O–H groups in total. The van der Waals surface area contributed by atoms with E-state index in [4.69, 9.17) is 18.9 Å². The highest BCUT2D eigenvalue weighted by molar-refractivity contribution is 7.16. The van der Waals surface area contributed by atoms with Crippen molar-refractivity contribution in [1.82, 2.24) is 5.32 Å². The van der Waals surface area contributed by atoms with E-state index >= 15 is 0 Å². The van der Waals surface area contributed by atoms with Crippen LogP contribution in [0.25, 0.3) is 0 Å². The molecule has 4 aromatic rings. The lowest BCUT2D eigenvalue weighted by molar-refractivity contribution is 0.0947. The average molecular weight is 575 g/mol. The van der Waals surface area contributed by atoms with Crippen LogP contribution in [0.1, 0.15) is 64.9 Å². The molecule has 2 aromatic heterocycles. The maximum Gasteiger partial charge on any atom is 0.255 e. The first-order valence-corrected chi connectivity index (χ1v) is 14.6. The summed E-state index contributed by atoms with van der Waals surface area (Å²) in [6.07, 6.45) is 6.18. The van der Waals surface area contributed by atoms with E-state index in [0.717, 1.165) is 30.4 Å². The van der Waals surface area contributed by atoms with Gasteiger partial charge in [0.25, 0.3) is 5.91 Å². The van der Waals surface area contributed by atoms with Crippen molar-refractivity contribution in [2.75, 3.05) is 7.11 Å². The van der Waals surface area contributed by atoms with Crippen LogP contribution in [0.5, 0.6) is 11.5 Å². The first-order chi connectivity index (χ1) is 19.7. The molecule has 41 heavy (non-hydrogen) atoms. The zero-order valence-corrected chi connectivity index (χ0v) is 24.6. The maximum atomic E-state index is 14.0. The Bertz CT molecular complexity index is 1540. The van der Waals surface area contributed by atoms with Crippen molar-refractivity contribution < 1.29 is 23.1 Å². The Morgan fingerprint density at radius 3 is 2.73 bits per heavy atom. The van der Waals surface area contributed by atoms with Crippen molar-refractivity contribution in [2.24, 2.45) is 16.3 Å². The standard InChI is InChI=1S/C33H35FN2O4S/c1-33(2,3)23-12-13-25-29(17-23)41-32(30(25)31(37)35-19-24-9-7-15-39-24)36-18-21-11-14-27(28(16-21)38-4)40-20-22-8-5-6-10-26(22)34/h5-11,14-16,18,23H,12-13,17,19-20H2,1-4H3,(H,35,37)/t23-/m0/s1. The predicted octanol–water partition coefficient (Wildman–Crippen LogP) is 7.90. The largest absolute Gasteiger partial charge is 0.493 e. The highest BCUT2D eigenvalue weighted by Gasteiger charge is 2.33.